The van der Waals surface area contributed by atoms with Crippen LogP contribution in [0.25, 0.3) is 11.5 Å². The van der Waals surface area contributed by atoms with Crippen LogP contribution in [0.3, 0.4) is 0 Å². The summed E-state index contributed by atoms with van der Waals surface area (Å²) in [5, 5.41) is 17.4. The van der Waals surface area contributed by atoms with Gasteiger partial charge in [0.15, 0.2) is 17.3 Å². The van der Waals surface area contributed by atoms with Crippen molar-refractivity contribution < 1.29 is 18.8 Å². The van der Waals surface area contributed by atoms with Crippen LogP contribution < -0.4 is 0 Å². The molecular formula is C21H20N6O4. The van der Waals surface area contributed by atoms with E-state index in [-0.39, 0.29) is 18.4 Å². The van der Waals surface area contributed by atoms with Gasteiger partial charge in [-0.3, -0.25) is 4.99 Å². The van der Waals surface area contributed by atoms with Crippen LogP contribution >= 0.6 is 0 Å². The van der Waals surface area contributed by atoms with Crippen LogP contribution in [-0.2, 0) is 20.9 Å². The summed E-state index contributed by atoms with van der Waals surface area (Å²) < 4.78 is 18.1. The average Bonchev–Trinajstić information content (AvgIpc) is 3.45. The molecule has 0 radical (unpaired) electrons. The highest BCUT2D eigenvalue weighted by atomic mass is 16.5. The number of dihydropyridines is 1. The number of fused-ring (bicyclic) bond motifs is 3. The number of hydrogen-bond donors (Lipinski definition) is 0. The van der Waals surface area contributed by atoms with E-state index in [1.54, 1.807) is 17.9 Å². The topological polar surface area (TPSA) is 117 Å². The fourth-order valence-electron chi connectivity index (χ4n) is 3.65. The molecule has 4 heterocycles. The van der Waals surface area contributed by atoms with E-state index in [0.717, 1.165) is 29.8 Å². The fourth-order valence-corrected chi connectivity index (χ4v) is 3.65. The van der Waals surface area contributed by atoms with Crippen LogP contribution in [0, 0.1) is 5.92 Å². The predicted octanol–water partition coefficient (Wildman–Crippen LogP) is 2.07. The van der Waals surface area contributed by atoms with Crippen molar-refractivity contribution in [3.63, 3.8) is 0 Å². The predicted molar refractivity (Wildman–Crippen MR) is 111 cm³/mol. The van der Waals surface area contributed by atoms with Gasteiger partial charge in [-0.25, -0.2) is 0 Å². The Morgan fingerprint density at radius 3 is 3.06 bits per heavy atom. The molecule has 10 nitrogen and oxygen atoms in total. The summed E-state index contributed by atoms with van der Waals surface area (Å²) in [6.45, 7) is 1.00. The lowest BCUT2D eigenvalue weighted by Gasteiger charge is -2.26. The Morgan fingerprint density at radius 2 is 2.26 bits per heavy atom. The molecule has 2 unspecified atom stereocenters. The Labute approximate surface area is 177 Å². The SMILES string of the molecule is COCc1cc(-c2nnc3n2N=C(OCC2=NCC(C=O)C=C2)C2=CC=CCC23)no1. The molecule has 2 aliphatic heterocycles. The second-order valence-corrected chi connectivity index (χ2v) is 7.33. The first-order valence-corrected chi connectivity index (χ1v) is 9.92. The maximum Gasteiger partial charge on any atom is 0.236 e. The number of nitrogens with zero attached hydrogens (tertiary/aromatic N) is 6. The van der Waals surface area contributed by atoms with E-state index in [9.17, 15) is 4.79 Å². The number of aliphatic imine (C=N–C) groups is 1. The Kier molecular flexibility index (Phi) is 5.13. The molecule has 0 aromatic carbocycles. The molecule has 0 saturated heterocycles. The molecule has 0 fully saturated rings. The molecule has 0 N–H and O–H groups in total. The van der Waals surface area contributed by atoms with Crippen molar-refractivity contribution in [1.82, 2.24) is 20.0 Å². The minimum atomic E-state index is -0.168. The van der Waals surface area contributed by atoms with Gasteiger partial charge in [-0.15, -0.1) is 15.3 Å². The minimum absolute atomic E-state index is 0.0209. The van der Waals surface area contributed by atoms with E-state index >= 15 is 0 Å². The third-order valence-corrected chi connectivity index (χ3v) is 5.22. The lowest BCUT2D eigenvalue weighted by molar-refractivity contribution is -0.109. The Morgan fingerprint density at radius 1 is 1.32 bits per heavy atom. The molecule has 2 atom stereocenters. The summed E-state index contributed by atoms with van der Waals surface area (Å²) in [4.78, 5) is 15.3. The monoisotopic (exact) mass is 420 g/mol. The summed E-state index contributed by atoms with van der Waals surface area (Å²) in [7, 11) is 1.59. The molecule has 10 heteroatoms. The van der Waals surface area contributed by atoms with E-state index in [1.807, 2.05) is 24.3 Å². The van der Waals surface area contributed by atoms with Gasteiger partial charge in [0.1, 0.15) is 19.5 Å². The summed E-state index contributed by atoms with van der Waals surface area (Å²) in [5.74, 6) is 2.07. The smallest absolute Gasteiger partial charge is 0.236 e. The molecule has 31 heavy (non-hydrogen) atoms. The van der Waals surface area contributed by atoms with Crippen molar-refractivity contribution in [3.05, 3.63) is 53.6 Å². The standard InChI is InChI=1S/C21H20N6O4/c1-29-12-15-8-18(26-31-15)20-24-23-19-16-4-2-3-5-17(16)21(25-27(19)20)30-11-14-7-6-13(10-28)9-22-14/h2-3,5-8,10,13,16H,4,9,11-12H2,1H3. The van der Waals surface area contributed by atoms with E-state index in [0.29, 0.717) is 36.3 Å². The highest BCUT2D eigenvalue weighted by Crippen LogP contribution is 2.36. The first-order chi connectivity index (χ1) is 15.3. The van der Waals surface area contributed by atoms with Gasteiger partial charge >= 0.3 is 0 Å². The molecule has 0 bridgehead atoms. The zero-order chi connectivity index (χ0) is 21.2. The van der Waals surface area contributed by atoms with Gasteiger partial charge in [-0.05, 0) is 12.5 Å². The van der Waals surface area contributed by atoms with Crippen LogP contribution in [0.2, 0.25) is 0 Å². The quantitative estimate of drug-likeness (QED) is 0.657. The van der Waals surface area contributed by atoms with E-state index in [1.165, 1.54) is 0 Å². The van der Waals surface area contributed by atoms with Crippen molar-refractivity contribution in [1.29, 1.82) is 0 Å². The zero-order valence-electron chi connectivity index (χ0n) is 16.8. The lowest BCUT2D eigenvalue weighted by atomic mass is 9.89. The molecule has 5 rings (SSSR count). The average molecular weight is 420 g/mol. The summed E-state index contributed by atoms with van der Waals surface area (Å²) in [6.07, 6.45) is 11.4. The maximum atomic E-state index is 10.9. The maximum absolute atomic E-state index is 10.9. The number of rotatable bonds is 6. The second kappa shape index (κ2) is 8.23. The van der Waals surface area contributed by atoms with E-state index in [2.05, 4.69) is 31.5 Å². The lowest BCUT2D eigenvalue weighted by Crippen LogP contribution is -2.27. The van der Waals surface area contributed by atoms with Gasteiger partial charge in [-0.1, -0.05) is 29.5 Å². The number of methoxy groups -OCH3 is 1. The fraction of sp³-hybridized carbons (Fsp3) is 0.333. The number of ether oxygens (including phenoxy) is 2. The number of carbonyl (C=O) groups is 1. The molecule has 0 amide bonds. The highest BCUT2D eigenvalue weighted by Gasteiger charge is 2.34. The summed E-state index contributed by atoms with van der Waals surface area (Å²) >= 11 is 0. The van der Waals surface area contributed by atoms with Crippen molar-refractivity contribution in [3.8, 4) is 11.5 Å². The molecule has 3 aliphatic rings. The Hall–Kier alpha value is -3.66. The van der Waals surface area contributed by atoms with Crippen molar-refractivity contribution in [2.45, 2.75) is 18.9 Å². The molecule has 0 spiro atoms. The van der Waals surface area contributed by atoms with E-state index < -0.39 is 0 Å². The van der Waals surface area contributed by atoms with Gasteiger partial charge in [0, 0.05) is 18.7 Å². The zero-order valence-corrected chi connectivity index (χ0v) is 16.8. The molecule has 0 saturated carbocycles. The molecule has 2 aromatic heterocycles. The number of carbonyl (C=O) groups excluding carboxylic acids is 1. The van der Waals surface area contributed by atoms with Gasteiger partial charge in [-0.2, -0.15) is 4.68 Å². The van der Waals surface area contributed by atoms with Crippen LogP contribution in [-0.4, -0.2) is 58.2 Å². The van der Waals surface area contributed by atoms with Crippen LogP contribution in [0.1, 0.15) is 23.9 Å². The number of allylic oxidation sites excluding steroid dienone is 3. The summed E-state index contributed by atoms with van der Waals surface area (Å²) in [6, 6.07) is 1.76. The van der Waals surface area contributed by atoms with Crippen molar-refractivity contribution in [2.24, 2.45) is 16.0 Å². The van der Waals surface area contributed by atoms with Crippen LogP contribution in [0.15, 0.2) is 56.6 Å². The number of hydrogen-bond acceptors (Lipinski definition) is 9. The third kappa shape index (κ3) is 3.66. The number of aromatic nitrogens is 4. The van der Waals surface area contributed by atoms with Gasteiger partial charge in [0.2, 0.25) is 11.7 Å². The molecule has 1 aliphatic carbocycles. The van der Waals surface area contributed by atoms with Gasteiger partial charge in [0.25, 0.3) is 0 Å². The van der Waals surface area contributed by atoms with Crippen LogP contribution in [0.4, 0.5) is 0 Å². The first-order valence-electron chi connectivity index (χ1n) is 9.92. The second-order valence-electron chi connectivity index (χ2n) is 7.33. The molecule has 158 valence electrons. The third-order valence-electron chi connectivity index (χ3n) is 5.22. The summed E-state index contributed by atoms with van der Waals surface area (Å²) in [5.41, 5.74) is 2.23. The molecular weight excluding hydrogens is 400 g/mol. The molecule has 2 aromatic rings. The van der Waals surface area contributed by atoms with Crippen LogP contribution in [0.5, 0.6) is 0 Å². The Balaban J connectivity index is 1.45. The van der Waals surface area contributed by atoms with Gasteiger partial charge < -0.3 is 18.8 Å². The minimum Gasteiger partial charge on any atom is -0.470 e. The number of aldehydes is 1. The van der Waals surface area contributed by atoms with E-state index in [4.69, 9.17) is 14.0 Å². The van der Waals surface area contributed by atoms with Crippen molar-refractivity contribution in [2.75, 3.05) is 20.3 Å². The largest absolute Gasteiger partial charge is 0.470 e. The Bertz CT molecular complexity index is 1150. The first kappa shape index (κ1) is 19.3. The highest BCUT2D eigenvalue weighted by molar-refractivity contribution is 6.01. The van der Waals surface area contributed by atoms with Gasteiger partial charge in [0.05, 0.1) is 24.1 Å². The normalized spacial score (nSPS) is 21.6. The van der Waals surface area contributed by atoms with Crippen molar-refractivity contribution >= 4 is 17.9 Å².